The highest BCUT2D eigenvalue weighted by Gasteiger charge is 2.17. The molecule has 0 unspecified atom stereocenters. The zero-order chi connectivity index (χ0) is 17.7. The molecule has 2 rings (SSSR count). The van der Waals surface area contributed by atoms with Crippen LogP contribution < -0.4 is 5.32 Å². The topological polar surface area (TPSA) is 58.0 Å². The minimum Gasteiger partial charge on any atom is -0.508 e. The molecule has 2 aromatic rings. The van der Waals surface area contributed by atoms with Crippen molar-refractivity contribution in [1.82, 2.24) is 9.97 Å². The molecule has 0 saturated carbocycles. The van der Waals surface area contributed by atoms with Gasteiger partial charge in [-0.25, -0.2) is 9.97 Å². The molecule has 0 saturated heterocycles. The van der Waals surface area contributed by atoms with Crippen LogP contribution in [0.4, 0.5) is 5.82 Å². The molecule has 5 heteroatoms. The average Bonchev–Trinajstić information content (AvgIpc) is 2.59. The van der Waals surface area contributed by atoms with E-state index in [9.17, 15) is 5.11 Å². The molecule has 0 aliphatic rings. The lowest BCUT2D eigenvalue weighted by atomic mass is 10.1. The van der Waals surface area contributed by atoms with E-state index in [1.54, 1.807) is 18.2 Å². The first-order valence-corrected chi connectivity index (χ1v) is 9.06. The van der Waals surface area contributed by atoms with E-state index in [1.807, 2.05) is 0 Å². The molecule has 0 atom stereocenters. The van der Waals surface area contributed by atoms with Crippen LogP contribution in [0.25, 0.3) is 11.3 Å². The number of phenolic OH excluding ortho intramolecular Hbond substituents is 1. The lowest BCUT2D eigenvalue weighted by Crippen LogP contribution is -2.20. The maximum absolute atomic E-state index is 9.58. The summed E-state index contributed by atoms with van der Waals surface area (Å²) in [6, 6.07) is 5.37. The number of benzene rings is 1. The summed E-state index contributed by atoms with van der Waals surface area (Å²) in [5.41, 5.74) is 3.46. The van der Waals surface area contributed by atoms with Gasteiger partial charge in [0.25, 0.3) is 0 Å². The highest BCUT2D eigenvalue weighted by molar-refractivity contribution is 6.33. The fraction of sp³-hybridized carbons (Fsp3) is 0.474. The molecule has 130 valence electrons. The van der Waals surface area contributed by atoms with E-state index in [0.717, 1.165) is 54.1 Å². The van der Waals surface area contributed by atoms with Crippen LogP contribution in [0.3, 0.4) is 0 Å². The molecule has 24 heavy (non-hydrogen) atoms. The summed E-state index contributed by atoms with van der Waals surface area (Å²) in [5, 5.41) is 13.6. The van der Waals surface area contributed by atoms with Crippen LogP contribution in [0.1, 0.15) is 51.9 Å². The Labute approximate surface area is 149 Å². The summed E-state index contributed by atoms with van der Waals surface area (Å²) in [5.74, 6) is 1.03. The predicted octanol–water partition coefficient (Wildman–Crippen LogP) is 5.23. The number of phenols is 1. The van der Waals surface area contributed by atoms with Gasteiger partial charge < -0.3 is 10.4 Å². The average molecular weight is 348 g/mol. The van der Waals surface area contributed by atoms with E-state index in [4.69, 9.17) is 21.6 Å². The molecule has 0 bridgehead atoms. The number of hydrogen-bond donors (Lipinski definition) is 2. The van der Waals surface area contributed by atoms with E-state index >= 15 is 0 Å². The highest BCUT2D eigenvalue weighted by atomic mass is 35.5. The molecule has 0 aliphatic heterocycles. The molecule has 4 nitrogen and oxygen atoms in total. The number of anilines is 1. The van der Waals surface area contributed by atoms with Crippen LogP contribution in [0, 0.1) is 0 Å². The molecule has 1 heterocycles. The molecule has 0 aliphatic carbocycles. The highest BCUT2D eigenvalue weighted by Crippen LogP contribution is 2.33. The monoisotopic (exact) mass is 347 g/mol. The summed E-state index contributed by atoms with van der Waals surface area (Å²) in [6.45, 7) is 8.49. The molecule has 0 amide bonds. The Morgan fingerprint density at radius 2 is 1.71 bits per heavy atom. The smallest absolute Gasteiger partial charge is 0.148 e. The van der Waals surface area contributed by atoms with Crippen LogP contribution in [-0.2, 0) is 12.8 Å². The second kappa shape index (κ2) is 8.34. The van der Waals surface area contributed by atoms with Crippen molar-refractivity contribution in [3.63, 3.8) is 0 Å². The Hall–Kier alpha value is -1.81. The van der Waals surface area contributed by atoms with Crippen LogP contribution >= 0.6 is 11.6 Å². The summed E-state index contributed by atoms with van der Waals surface area (Å²) in [7, 11) is 0. The number of rotatable bonds is 7. The normalized spacial score (nSPS) is 11.1. The van der Waals surface area contributed by atoms with Gasteiger partial charge >= 0.3 is 0 Å². The third-order valence-electron chi connectivity index (χ3n) is 4.24. The van der Waals surface area contributed by atoms with Crippen molar-refractivity contribution in [3.05, 3.63) is 34.6 Å². The lowest BCUT2D eigenvalue weighted by Gasteiger charge is -2.20. The third kappa shape index (κ3) is 3.99. The van der Waals surface area contributed by atoms with Crippen molar-refractivity contribution < 1.29 is 5.11 Å². The van der Waals surface area contributed by atoms with Gasteiger partial charge in [0.15, 0.2) is 0 Å². The molecule has 2 N–H and O–H groups in total. The summed E-state index contributed by atoms with van der Waals surface area (Å²) in [6.07, 6.45) is 3.66. The van der Waals surface area contributed by atoms with Gasteiger partial charge in [-0.3, -0.25) is 0 Å². The van der Waals surface area contributed by atoms with E-state index in [-0.39, 0.29) is 5.75 Å². The number of aromatic hydroxyl groups is 1. The number of nitrogens with one attached hydrogen (secondary N) is 1. The summed E-state index contributed by atoms with van der Waals surface area (Å²) >= 11 is 6.31. The first-order valence-electron chi connectivity index (χ1n) is 8.69. The Bertz CT molecular complexity index is 699. The van der Waals surface area contributed by atoms with E-state index in [0.29, 0.717) is 11.1 Å². The molecule has 0 radical (unpaired) electrons. The van der Waals surface area contributed by atoms with Crippen molar-refractivity contribution in [2.75, 3.05) is 5.32 Å². The third-order valence-corrected chi connectivity index (χ3v) is 4.56. The van der Waals surface area contributed by atoms with Gasteiger partial charge in [0.1, 0.15) is 11.6 Å². The Kier molecular flexibility index (Phi) is 6.44. The first-order chi connectivity index (χ1) is 11.5. The second-order valence-corrected chi connectivity index (χ2v) is 6.25. The van der Waals surface area contributed by atoms with Gasteiger partial charge in [0, 0.05) is 11.6 Å². The van der Waals surface area contributed by atoms with Gasteiger partial charge in [-0.1, -0.05) is 39.3 Å². The fourth-order valence-electron chi connectivity index (χ4n) is 2.71. The van der Waals surface area contributed by atoms with Gasteiger partial charge in [0.2, 0.25) is 0 Å². The standard InChI is InChI=1S/C19H26ClN3O/c1-5-12(6-2)21-19-17(8-4)22-18(16(7-3)23-19)14-10-9-13(24)11-15(14)20/h9-12,24H,5-8H2,1-4H3,(H,21,23). The Morgan fingerprint density at radius 1 is 1.04 bits per heavy atom. The fourth-order valence-corrected chi connectivity index (χ4v) is 2.98. The number of nitrogens with zero attached hydrogens (tertiary/aromatic N) is 2. The summed E-state index contributed by atoms with van der Waals surface area (Å²) < 4.78 is 0. The Morgan fingerprint density at radius 3 is 2.25 bits per heavy atom. The molecular formula is C19H26ClN3O. The maximum Gasteiger partial charge on any atom is 0.148 e. The maximum atomic E-state index is 9.58. The van der Waals surface area contributed by atoms with Crippen molar-refractivity contribution >= 4 is 17.4 Å². The zero-order valence-electron chi connectivity index (χ0n) is 14.9. The van der Waals surface area contributed by atoms with E-state index < -0.39 is 0 Å². The van der Waals surface area contributed by atoms with Gasteiger partial charge in [0.05, 0.1) is 22.1 Å². The van der Waals surface area contributed by atoms with Crippen LogP contribution in [0.15, 0.2) is 18.2 Å². The number of aryl methyl sites for hydroxylation is 2. The first kappa shape index (κ1) is 18.5. The minimum absolute atomic E-state index is 0.150. The molecular weight excluding hydrogens is 322 g/mol. The number of hydrogen-bond acceptors (Lipinski definition) is 4. The largest absolute Gasteiger partial charge is 0.508 e. The van der Waals surface area contributed by atoms with Crippen LogP contribution in [0.2, 0.25) is 5.02 Å². The van der Waals surface area contributed by atoms with Gasteiger partial charge in [-0.2, -0.15) is 0 Å². The minimum atomic E-state index is 0.150. The van der Waals surface area contributed by atoms with Crippen molar-refractivity contribution in [2.24, 2.45) is 0 Å². The number of aromatic nitrogens is 2. The van der Waals surface area contributed by atoms with Crippen LogP contribution in [0.5, 0.6) is 5.75 Å². The lowest BCUT2D eigenvalue weighted by molar-refractivity contribution is 0.475. The SMILES string of the molecule is CCc1nc(-c2ccc(O)cc2Cl)c(CC)nc1NC(CC)CC. The molecule has 1 aromatic heterocycles. The van der Waals surface area contributed by atoms with Crippen LogP contribution in [-0.4, -0.2) is 21.1 Å². The quantitative estimate of drug-likeness (QED) is 0.720. The zero-order valence-corrected chi connectivity index (χ0v) is 15.6. The van der Waals surface area contributed by atoms with E-state index in [1.165, 1.54) is 0 Å². The number of halogens is 1. The van der Waals surface area contributed by atoms with Crippen molar-refractivity contribution in [1.29, 1.82) is 0 Å². The van der Waals surface area contributed by atoms with Crippen molar-refractivity contribution in [2.45, 2.75) is 59.4 Å². The van der Waals surface area contributed by atoms with Gasteiger partial charge in [-0.05, 0) is 43.9 Å². The molecule has 0 fully saturated rings. The predicted molar refractivity (Wildman–Crippen MR) is 101 cm³/mol. The van der Waals surface area contributed by atoms with Crippen molar-refractivity contribution in [3.8, 4) is 17.0 Å². The summed E-state index contributed by atoms with van der Waals surface area (Å²) in [4.78, 5) is 9.70. The van der Waals surface area contributed by atoms with E-state index in [2.05, 4.69) is 33.0 Å². The second-order valence-electron chi connectivity index (χ2n) is 5.84. The molecule has 1 aromatic carbocycles. The van der Waals surface area contributed by atoms with Gasteiger partial charge in [-0.15, -0.1) is 0 Å². The Balaban J connectivity index is 2.53. The molecule has 0 spiro atoms.